The highest BCUT2D eigenvalue weighted by Gasteiger charge is 2.25. The number of ketones is 2. The van der Waals surface area contributed by atoms with Crippen LogP contribution in [0.5, 0.6) is 11.5 Å². The van der Waals surface area contributed by atoms with Gasteiger partial charge in [0, 0.05) is 35.4 Å². The van der Waals surface area contributed by atoms with Crippen molar-refractivity contribution in [1.82, 2.24) is 0 Å². The molecule has 0 fully saturated rings. The second kappa shape index (κ2) is 7.80. The minimum atomic E-state index is -0.849. The minimum Gasteiger partial charge on any atom is -0.507 e. The molecule has 0 bridgehead atoms. The van der Waals surface area contributed by atoms with Gasteiger partial charge in [0.05, 0.1) is 15.4 Å². The summed E-state index contributed by atoms with van der Waals surface area (Å²) in [7, 11) is 0. The van der Waals surface area contributed by atoms with Crippen LogP contribution >= 0.6 is 0 Å². The van der Waals surface area contributed by atoms with Gasteiger partial charge in [-0.2, -0.15) is 0 Å². The molecule has 0 aliphatic carbocycles. The summed E-state index contributed by atoms with van der Waals surface area (Å²) >= 11 is 0. The SMILES string of the molecule is O=C(c1ccc([N+](=O)[O-])cc1)c1ccc(O)c(C(=O)c2ccc([N+](=O)[O-])cc2)c1O. The zero-order valence-electron chi connectivity index (χ0n) is 15.0. The van der Waals surface area contributed by atoms with Crippen molar-refractivity contribution >= 4 is 22.9 Å². The van der Waals surface area contributed by atoms with E-state index in [1.54, 1.807) is 0 Å². The molecule has 10 heteroatoms. The van der Waals surface area contributed by atoms with Crippen molar-refractivity contribution in [3.8, 4) is 11.5 Å². The minimum absolute atomic E-state index is 0.0234. The first kappa shape index (κ1) is 20.1. The molecule has 2 N–H and O–H groups in total. The molecular weight excluding hydrogens is 396 g/mol. The van der Waals surface area contributed by atoms with E-state index in [0.717, 1.165) is 48.5 Å². The number of non-ortho nitro benzene ring substituents is 2. The van der Waals surface area contributed by atoms with Gasteiger partial charge < -0.3 is 10.2 Å². The van der Waals surface area contributed by atoms with Crippen LogP contribution in [0.25, 0.3) is 0 Å². The number of carbonyl (C=O) groups excluding carboxylic acids is 2. The number of hydrogen-bond donors (Lipinski definition) is 2. The zero-order chi connectivity index (χ0) is 22.0. The number of phenolic OH excluding ortho intramolecular Hbond substituents is 2. The molecule has 0 aliphatic rings. The molecule has 10 nitrogen and oxygen atoms in total. The van der Waals surface area contributed by atoms with E-state index < -0.39 is 38.5 Å². The topological polar surface area (TPSA) is 161 Å². The summed E-state index contributed by atoms with van der Waals surface area (Å²) in [6, 6.07) is 11.3. The van der Waals surface area contributed by atoms with Crippen LogP contribution in [-0.2, 0) is 0 Å². The first-order valence-corrected chi connectivity index (χ1v) is 8.34. The lowest BCUT2D eigenvalue weighted by Crippen LogP contribution is -2.08. The lowest BCUT2D eigenvalue weighted by molar-refractivity contribution is -0.385. The molecule has 0 unspecified atom stereocenters. The molecule has 0 saturated carbocycles. The van der Waals surface area contributed by atoms with Crippen molar-refractivity contribution in [2.24, 2.45) is 0 Å². The number of aromatic hydroxyl groups is 2. The fraction of sp³-hybridized carbons (Fsp3) is 0. The van der Waals surface area contributed by atoms with Gasteiger partial charge in [-0.1, -0.05) is 0 Å². The molecule has 0 saturated heterocycles. The Morgan fingerprint density at radius 2 is 1.10 bits per heavy atom. The maximum Gasteiger partial charge on any atom is 0.269 e. The van der Waals surface area contributed by atoms with Crippen molar-refractivity contribution in [2.45, 2.75) is 0 Å². The van der Waals surface area contributed by atoms with E-state index in [-0.39, 0.29) is 28.1 Å². The summed E-state index contributed by atoms with van der Waals surface area (Å²) in [5.74, 6) is -2.93. The maximum atomic E-state index is 12.7. The molecule has 30 heavy (non-hydrogen) atoms. The quantitative estimate of drug-likeness (QED) is 0.356. The number of benzene rings is 3. The molecule has 0 radical (unpaired) electrons. The number of phenols is 2. The third kappa shape index (κ3) is 3.69. The average molecular weight is 408 g/mol. The largest absolute Gasteiger partial charge is 0.507 e. The van der Waals surface area contributed by atoms with Crippen molar-refractivity contribution < 1.29 is 29.6 Å². The number of carbonyl (C=O) groups is 2. The van der Waals surface area contributed by atoms with Crippen LogP contribution in [0.2, 0.25) is 0 Å². The van der Waals surface area contributed by atoms with E-state index in [1.807, 2.05) is 0 Å². The van der Waals surface area contributed by atoms with Crippen LogP contribution in [0.15, 0.2) is 60.7 Å². The highest BCUT2D eigenvalue weighted by Crippen LogP contribution is 2.34. The molecule has 3 rings (SSSR count). The molecule has 150 valence electrons. The summed E-state index contributed by atoms with van der Waals surface area (Å²) in [5, 5.41) is 42.0. The van der Waals surface area contributed by atoms with Crippen LogP contribution in [0, 0.1) is 20.2 Å². The molecule has 3 aromatic carbocycles. The Bertz CT molecular complexity index is 1180. The standard InChI is InChI=1S/C20H12N2O8/c23-16-10-9-15(18(24)11-1-5-13(6-2-11)21(27)28)20(26)17(16)19(25)12-3-7-14(8-4-12)22(29)30/h1-10,23,26H. The van der Waals surface area contributed by atoms with Gasteiger partial charge in [-0.3, -0.25) is 29.8 Å². The summed E-state index contributed by atoms with van der Waals surface area (Å²) in [6.07, 6.45) is 0. The number of nitro groups is 2. The van der Waals surface area contributed by atoms with Crippen LogP contribution in [0.4, 0.5) is 11.4 Å². The summed E-state index contributed by atoms with van der Waals surface area (Å²) < 4.78 is 0. The van der Waals surface area contributed by atoms with Crippen LogP contribution < -0.4 is 0 Å². The van der Waals surface area contributed by atoms with Gasteiger partial charge >= 0.3 is 0 Å². The molecular formula is C20H12N2O8. The van der Waals surface area contributed by atoms with Gasteiger partial charge in [0.15, 0.2) is 5.78 Å². The van der Waals surface area contributed by atoms with Gasteiger partial charge in [-0.25, -0.2) is 0 Å². The van der Waals surface area contributed by atoms with Crippen LogP contribution in [0.3, 0.4) is 0 Å². The van der Waals surface area contributed by atoms with E-state index in [1.165, 1.54) is 12.1 Å². The van der Waals surface area contributed by atoms with Gasteiger partial charge in [0.2, 0.25) is 5.78 Å². The zero-order valence-corrected chi connectivity index (χ0v) is 15.0. The normalized spacial score (nSPS) is 10.4. The Morgan fingerprint density at radius 1 is 0.667 bits per heavy atom. The van der Waals surface area contributed by atoms with Crippen LogP contribution in [0.1, 0.15) is 31.8 Å². The van der Waals surface area contributed by atoms with E-state index >= 15 is 0 Å². The average Bonchev–Trinajstić information content (AvgIpc) is 2.73. The smallest absolute Gasteiger partial charge is 0.269 e. The Balaban J connectivity index is 2.00. The van der Waals surface area contributed by atoms with Gasteiger partial charge in [0.25, 0.3) is 11.4 Å². The fourth-order valence-electron chi connectivity index (χ4n) is 2.76. The summed E-state index contributed by atoms with van der Waals surface area (Å²) in [4.78, 5) is 45.6. The third-order valence-electron chi connectivity index (χ3n) is 4.31. The number of nitrogens with zero attached hydrogens (tertiary/aromatic N) is 2. The van der Waals surface area contributed by atoms with Gasteiger partial charge in [-0.15, -0.1) is 0 Å². The molecule has 0 heterocycles. The first-order valence-electron chi connectivity index (χ1n) is 8.34. The Kier molecular flexibility index (Phi) is 5.23. The predicted octanol–water partition coefficient (Wildman–Crippen LogP) is 3.38. The number of rotatable bonds is 6. The second-order valence-electron chi connectivity index (χ2n) is 6.12. The molecule has 0 spiro atoms. The van der Waals surface area contributed by atoms with Crippen molar-refractivity contribution in [1.29, 1.82) is 0 Å². The van der Waals surface area contributed by atoms with Gasteiger partial charge in [0.1, 0.15) is 17.1 Å². The third-order valence-corrected chi connectivity index (χ3v) is 4.31. The number of hydrogen-bond acceptors (Lipinski definition) is 8. The molecule has 0 atom stereocenters. The molecule has 0 amide bonds. The lowest BCUT2D eigenvalue weighted by Gasteiger charge is -2.11. The predicted molar refractivity (Wildman–Crippen MR) is 103 cm³/mol. The maximum absolute atomic E-state index is 12.7. The molecule has 3 aromatic rings. The highest BCUT2D eigenvalue weighted by atomic mass is 16.6. The van der Waals surface area contributed by atoms with Crippen molar-refractivity contribution in [2.75, 3.05) is 0 Å². The van der Waals surface area contributed by atoms with E-state index in [4.69, 9.17) is 0 Å². The highest BCUT2D eigenvalue weighted by molar-refractivity contribution is 6.17. The molecule has 0 aromatic heterocycles. The monoisotopic (exact) mass is 408 g/mol. The Labute approximate surface area is 167 Å². The Morgan fingerprint density at radius 3 is 1.53 bits per heavy atom. The van der Waals surface area contributed by atoms with Crippen molar-refractivity contribution in [3.63, 3.8) is 0 Å². The van der Waals surface area contributed by atoms with E-state index in [0.29, 0.717) is 0 Å². The Hall–Kier alpha value is -4.60. The van der Waals surface area contributed by atoms with Gasteiger partial charge in [-0.05, 0) is 36.4 Å². The molecule has 0 aliphatic heterocycles. The van der Waals surface area contributed by atoms with E-state index in [2.05, 4.69) is 0 Å². The first-order chi connectivity index (χ1) is 14.2. The second-order valence-corrected chi connectivity index (χ2v) is 6.12. The van der Waals surface area contributed by atoms with Crippen molar-refractivity contribution in [3.05, 3.63) is 103 Å². The summed E-state index contributed by atoms with van der Waals surface area (Å²) in [5.41, 5.74) is -1.34. The summed E-state index contributed by atoms with van der Waals surface area (Å²) in [6.45, 7) is 0. The van der Waals surface area contributed by atoms with E-state index in [9.17, 15) is 40.0 Å². The van der Waals surface area contributed by atoms with Crippen LogP contribution in [-0.4, -0.2) is 31.6 Å². The fourth-order valence-corrected chi connectivity index (χ4v) is 2.76. The number of nitro benzene ring substituents is 2. The lowest BCUT2D eigenvalue weighted by atomic mass is 9.95.